The number of aromatic nitrogens is 5. The van der Waals surface area contributed by atoms with Crippen LogP contribution in [0.3, 0.4) is 0 Å². The van der Waals surface area contributed by atoms with E-state index in [0.29, 0.717) is 30.6 Å². The van der Waals surface area contributed by atoms with E-state index in [0.717, 1.165) is 11.1 Å². The monoisotopic (exact) mass is 353 g/mol. The van der Waals surface area contributed by atoms with Gasteiger partial charge in [0.15, 0.2) is 11.9 Å². The maximum Gasteiger partial charge on any atom is 0.257 e. The number of aliphatic hydroxyl groups is 1. The topological polar surface area (TPSA) is 95.2 Å². The molecule has 1 aliphatic heterocycles. The molecule has 0 amide bonds. The van der Waals surface area contributed by atoms with Gasteiger partial charge in [0.25, 0.3) is 5.88 Å². The lowest BCUT2D eigenvalue weighted by molar-refractivity contribution is 0.0851. The van der Waals surface area contributed by atoms with Gasteiger partial charge in [0.2, 0.25) is 5.82 Å². The number of hydrogen-bond acceptors (Lipinski definition) is 7. The first-order chi connectivity index (χ1) is 12.7. The highest BCUT2D eigenvalue weighted by molar-refractivity contribution is 5.55. The van der Waals surface area contributed by atoms with Crippen molar-refractivity contribution in [2.75, 3.05) is 13.2 Å². The highest BCUT2D eigenvalue weighted by atomic mass is 16.6. The predicted octanol–water partition coefficient (Wildman–Crippen LogP) is 1.88. The summed E-state index contributed by atoms with van der Waals surface area (Å²) in [7, 11) is 0. The normalized spacial score (nSPS) is 17.1. The second kappa shape index (κ2) is 7.09. The number of fused-ring (bicyclic) bond motifs is 1. The average Bonchev–Trinajstić information content (AvgIpc) is 3.16. The smallest absolute Gasteiger partial charge is 0.257 e. The summed E-state index contributed by atoms with van der Waals surface area (Å²) in [5.41, 5.74) is 1.81. The summed E-state index contributed by atoms with van der Waals surface area (Å²) in [6.45, 7) is 2.94. The van der Waals surface area contributed by atoms with Crippen molar-refractivity contribution in [2.45, 2.75) is 19.6 Å². The molecular formula is C18H19N5O3. The summed E-state index contributed by atoms with van der Waals surface area (Å²) in [6.07, 6.45) is 1.43. The minimum atomic E-state index is -0.248. The number of rotatable bonds is 5. The summed E-state index contributed by atoms with van der Waals surface area (Å²) in [5, 5.41) is 21.7. The van der Waals surface area contributed by atoms with E-state index in [1.165, 1.54) is 4.80 Å². The lowest BCUT2D eigenvalue weighted by atomic mass is 10.1. The van der Waals surface area contributed by atoms with Gasteiger partial charge in [-0.15, -0.1) is 10.2 Å². The first-order valence-corrected chi connectivity index (χ1v) is 8.46. The number of aliphatic hydroxyl groups excluding tert-OH is 1. The van der Waals surface area contributed by atoms with Gasteiger partial charge in [0, 0.05) is 24.3 Å². The third-order valence-corrected chi connectivity index (χ3v) is 4.14. The van der Waals surface area contributed by atoms with Crippen LogP contribution in [0.1, 0.15) is 18.6 Å². The molecule has 1 N–H and O–H groups in total. The molecule has 1 aromatic carbocycles. The molecule has 26 heavy (non-hydrogen) atoms. The Balaban J connectivity index is 1.54. The summed E-state index contributed by atoms with van der Waals surface area (Å²) in [4.78, 5) is 5.71. The number of hydrogen-bond donors (Lipinski definition) is 1. The molecule has 4 rings (SSSR count). The maximum atomic E-state index is 9.15. The van der Waals surface area contributed by atoms with Crippen LogP contribution in [0, 0.1) is 5.92 Å². The van der Waals surface area contributed by atoms with Crippen molar-refractivity contribution in [1.29, 1.82) is 0 Å². The highest BCUT2D eigenvalue weighted by Crippen LogP contribution is 2.34. The number of benzene rings is 1. The van der Waals surface area contributed by atoms with Crippen LogP contribution < -0.4 is 9.47 Å². The van der Waals surface area contributed by atoms with E-state index in [2.05, 4.69) is 20.4 Å². The van der Waals surface area contributed by atoms with Crippen LogP contribution in [0.2, 0.25) is 0 Å². The van der Waals surface area contributed by atoms with Crippen LogP contribution >= 0.6 is 0 Å². The van der Waals surface area contributed by atoms with Crippen molar-refractivity contribution < 1.29 is 14.6 Å². The van der Waals surface area contributed by atoms with Gasteiger partial charge in [0.1, 0.15) is 6.61 Å². The number of ether oxygens (including phenoxy) is 2. The molecule has 0 spiro atoms. The van der Waals surface area contributed by atoms with Crippen molar-refractivity contribution in [3.63, 3.8) is 0 Å². The molecule has 2 atom stereocenters. The molecule has 134 valence electrons. The summed E-state index contributed by atoms with van der Waals surface area (Å²) in [6, 6.07) is 11.5. The van der Waals surface area contributed by atoms with Crippen molar-refractivity contribution in [2.24, 2.45) is 5.92 Å². The summed E-state index contributed by atoms with van der Waals surface area (Å²) < 4.78 is 11.7. The standard InChI is InChI=1S/C18H19N5O3/c1-12(10-24)9-23-21-17(20-22-23)14-5-2-4-13(8-14)16-11-25-15-6-3-7-19-18(15)26-16/h2-8,12,16,24H,9-11H2,1H3/t12-,16-/m0/s1. The van der Waals surface area contributed by atoms with E-state index in [1.807, 2.05) is 43.3 Å². The minimum Gasteiger partial charge on any atom is -0.484 e. The Bertz CT molecular complexity index is 898. The Kier molecular flexibility index (Phi) is 4.49. The van der Waals surface area contributed by atoms with Crippen molar-refractivity contribution in [3.05, 3.63) is 48.2 Å². The fourth-order valence-electron chi connectivity index (χ4n) is 2.72. The molecule has 0 unspecified atom stereocenters. The first-order valence-electron chi connectivity index (χ1n) is 8.46. The molecule has 0 saturated carbocycles. The lowest BCUT2D eigenvalue weighted by Gasteiger charge is -2.25. The van der Waals surface area contributed by atoms with E-state index >= 15 is 0 Å². The van der Waals surface area contributed by atoms with E-state index in [9.17, 15) is 0 Å². The fraction of sp³-hybridized carbons (Fsp3) is 0.333. The van der Waals surface area contributed by atoms with Crippen molar-refractivity contribution in [3.8, 4) is 23.0 Å². The van der Waals surface area contributed by atoms with Gasteiger partial charge in [-0.25, -0.2) is 4.98 Å². The molecule has 3 heterocycles. The summed E-state index contributed by atoms with van der Waals surface area (Å²) in [5.74, 6) is 1.76. The second-order valence-electron chi connectivity index (χ2n) is 6.31. The number of tetrazole rings is 1. The van der Waals surface area contributed by atoms with Crippen molar-refractivity contribution in [1.82, 2.24) is 25.2 Å². The van der Waals surface area contributed by atoms with Gasteiger partial charge in [0.05, 0.1) is 6.54 Å². The van der Waals surface area contributed by atoms with Gasteiger partial charge in [-0.3, -0.25) is 0 Å². The molecule has 3 aromatic rings. The Labute approximate surface area is 150 Å². The highest BCUT2D eigenvalue weighted by Gasteiger charge is 2.24. The van der Waals surface area contributed by atoms with Gasteiger partial charge in [-0.05, 0) is 29.0 Å². The Morgan fingerprint density at radius 3 is 3.12 bits per heavy atom. The largest absolute Gasteiger partial charge is 0.484 e. The van der Waals surface area contributed by atoms with Crippen LogP contribution in [0.25, 0.3) is 11.4 Å². The third kappa shape index (κ3) is 3.36. The van der Waals surface area contributed by atoms with Crippen LogP contribution in [-0.4, -0.2) is 43.5 Å². The molecule has 8 nitrogen and oxygen atoms in total. The first kappa shape index (κ1) is 16.5. The number of nitrogens with zero attached hydrogens (tertiary/aromatic N) is 5. The van der Waals surface area contributed by atoms with Crippen LogP contribution in [0.4, 0.5) is 0 Å². The van der Waals surface area contributed by atoms with E-state index in [-0.39, 0.29) is 18.6 Å². The molecule has 0 fully saturated rings. The van der Waals surface area contributed by atoms with Crippen LogP contribution in [0.5, 0.6) is 11.6 Å². The maximum absolute atomic E-state index is 9.15. The Morgan fingerprint density at radius 2 is 2.23 bits per heavy atom. The Morgan fingerprint density at radius 1 is 1.31 bits per heavy atom. The average molecular weight is 353 g/mol. The second-order valence-corrected chi connectivity index (χ2v) is 6.31. The Hall–Kier alpha value is -3.00. The van der Waals surface area contributed by atoms with Crippen LogP contribution in [-0.2, 0) is 6.54 Å². The van der Waals surface area contributed by atoms with E-state index in [1.54, 1.807) is 6.20 Å². The SMILES string of the molecule is C[C@H](CO)Cn1nnc(-c2cccc([C@@H]3COc4cccnc4O3)c2)n1. The van der Waals surface area contributed by atoms with Crippen LogP contribution in [0.15, 0.2) is 42.6 Å². The third-order valence-electron chi connectivity index (χ3n) is 4.14. The van der Waals surface area contributed by atoms with E-state index < -0.39 is 0 Å². The quantitative estimate of drug-likeness (QED) is 0.748. The molecule has 0 aliphatic carbocycles. The zero-order valence-corrected chi connectivity index (χ0v) is 14.3. The molecular weight excluding hydrogens is 334 g/mol. The predicted molar refractivity (Wildman–Crippen MR) is 92.6 cm³/mol. The zero-order valence-electron chi connectivity index (χ0n) is 14.3. The lowest BCUT2D eigenvalue weighted by Crippen LogP contribution is -2.22. The minimum absolute atomic E-state index is 0.0729. The molecule has 2 aromatic heterocycles. The molecule has 0 bridgehead atoms. The van der Waals surface area contributed by atoms with Crippen molar-refractivity contribution >= 4 is 0 Å². The molecule has 0 radical (unpaired) electrons. The van der Waals surface area contributed by atoms with E-state index in [4.69, 9.17) is 14.6 Å². The molecule has 1 aliphatic rings. The van der Waals surface area contributed by atoms with Gasteiger partial charge in [-0.2, -0.15) is 4.80 Å². The summed E-state index contributed by atoms with van der Waals surface area (Å²) >= 11 is 0. The van der Waals surface area contributed by atoms with Gasteiger partial charge < -0.3 is 14.6 Å². The van der Waals surface area contributed by atoms with Gasteiger partial charge >= 0.3 is 0 Å². The van der Waals surface area contributed by atoms with Gasteiger partial charge in [-0.1, -0.05) is 25.1 Å². The molecule has 0 saturated heterocycles. The fourth-order valence-corrected chi connectivity index (χ4v) is 2.72. The molecule has 8 heteroatoms. The zero-order chi connectivity index (χ0) is 17.9. The number of pyridine rings is 1.